The van der Waals surface area contributed by atoms with E-state index < -0.39 is 24.1 Å². The number of carboxylic acid groups (broad SMARTS) is 2. The standard InChI is InChI=1S/C22H27NO5.C6H14N4O2/c1-16(2)28-21(22(24)25)15-17-7-9-18(10-8-17)26-13-11-23-12-14-27-20-6-4-3-5-19(20)23;7-4(5(11)12)2-1-3-10-6(8)9/h3-10,16,21H,11-15H2,1-2H3,(H,24,25);4H,1-3,7H2,(H,11,12)(H4,8,9,10)/t21-;/m0./s1. The third-order valence-corrected chi connectivity index (χ3v) is 5.80. The van der Waals surface area contributed by atoms with E-state index in [4.69, 9.17) is 36.5 Å². The molecule has 0 amide bonds. The lowest BCUT2D eigenvalue weighted by atomic mass is 10.1. The topological polar surface area (TPSA) is 196 Å². The second-order valence-corrected chi connectivity index (χ2v) is 9.41. The van der Waals surface area contributed by atoms with Gasteiger partial charge in [-0.3, -0.25) is 9.79 Å². The summed E-state index contributed by atoms with van der Waals surface area (Å²) in [5.41, 5.74) is 17.3. The molecule has 0 saturated carbocycles. The van der Waals surface area contributed by atoms with Crippen LogP contribution in [-0.2, 0) is 20.7 Å². The highest BCUT2D eigenvalue weighted by atomic mass is 16.5. The average Bonchev–Trinajstić information content (AvgIpc) is 2.91. The van der Waals surface area contributed by atoms with Crippen LogP contribution in [0.3, 0.4) is 0 Å². The van der Waals surface area contributed by atoms with Crippen LogP contribution in [0.5, 0.6) is 11.5 Å². The molecule has 1 aliphatic heterocycles. The molecule has 0 bridgehead atoms. The number of para-hydroxylation sites is 2. The number of rotatable bonds is 14. The maximum atomic E-state index is 11.3. The zero-order chi connectivity index (χ0) is 29.5. The monoisotopic (exact) mass is 559 g/mol. The minimum absolute atomic E-state index is 0.0129. The summed E-state index contributed by atoms with van der Waals surface area (Å²) < 4.78 is 17.0. The fourth-order valence-corrected chi connectivity index (χ4v) is 3.83. The van der Waals surface area contributed by atoms with Gasteiger partial charge in [-0.1, -0.05) is 24.3 Å². The van der Waals surface area contributed by atoms with Gasteiger partial charge < -0.3 is 46.5 Å². The highest BCUT2D eigenvalue weighted by Gasteiger charge is 2.20. The molecule has 220 valence electrons. The van der Waals surface area contributed by atoms with Gasteiger partial charge in [0.25, 0.3) is 0 Å². The molecule has 0 saturated heterocycles. The molecular formula is C28H41N5O7. The van der Waals surface area contributed by atoms with Crippen LogP contribution in [0, 0.1) is 0 Å². The second kappa shape index (κ2) is 16.8. The van der Waals surface area contributed by atoms with Crippen LogP contribution in [0.2, 0.25) is 0 Å². The molecule has 1 unspecified atom stereocenters. The Morgan fingerprint density at radius 2 is 1.77 bits per heavy atom. The van der Waals surface area contributed by atoms with Gasteiger partial charge in [0.15, 0.2) is 12.1 Å². The third-order valence-electron chi connectivity index (χ3n) is 5.80. The number of nitrogens with two attached hydrogens (primary N) is 3. The summed E-state index contributed by atoms with van der Waals surface area (Å²) in [6.45, 7) is 6.93. The Morgan fingerprint density at radius 3 is 2.40 bits per heavy atom. The van der Waals surface area contributed by atoms with Gasteiger partial charge in [-0.15, -0.1) is 0 Å². The van der Waals surface area contributed by atoms with E-state index in [0.29, 0.717) is 39.0 Å². The number of hydrogen-bond donors (Lipinski definition) is 5. The first-order valence-electron chi connectivity index (χ1n) is 13.2. The van der Waals surface area contributed by atoms with Crippen molar-refractivity contribution in [1.29, 1.82) is 0 Å². The van der Waals surface area contributed by atoms with Crippen molar-refractivity contribution in [3.05, 3.63) is 54.1 Å². The zero-order valence-corrected chi connectivity index (χ0v) is 23.1. The Hall–Kier alpha value is -4.03. The molecule has 8 N–H and O–H groups in total. The molecule has 0 radical (unpaired) electrons. The van der Waals surface area contributed by atoms with E-state index >= 15 is 0 Å². The van der Waals surface area contributed by atoms with Gasteiger partial charge in [0.05, 0.1) is 24.9 Å². The van der Waals surface area contributed by atoms with Crippen LogP contribution in [-0.4, -0.2) is 79.2 Å². The van der Waals surface area contributed by atoms with Crippen molar-refractivity contribution in [3.63, 3.8) is 0 Å². The summed E-state index contributed by atoms with van der Waals surface area (Å²) in [5.74, 6) is -0.255. The Kier molecular flexibility index (Phi) is 13.5. The van der Waals surface area contributed by atoms with Gasteiger partial charge in [0.2, 0.25) is 0 Å². The number of carbonyl (C=O) groups is 2. The number of hydrogen-bond acceptors (Lipinski definition) is 8. The SMILES string of the molecule is CC(C)O[C@@H](Cc1ccc(OCCN2CCOc3ccccc32)cc1)C(=O)O.NC(N)=NCCCC(N)C(=O)O. The Labute approximate surface area is 234 Å². The summed E-state index contributed by atoms with van der Waals surface area (Å²) in [5, 5.41) is 17.7. The molecule has 0 aliphatic carbocycles. The summed E-state index contributed by atoms with van der Waals surface area (Å²) in [6, 6.07) is 14.7. The van der Waals surface area contributed by atoms with Crippen molar-refractivity contribution in [2.24, 2.45) is 22.2 Å². The smallest absolute Gasteiger partial charge is 0.333 e. The molecule has 0 aromatic heterocycles. The molecule has 1 heterocycles. The first kappa shape index (κ1) is 32.2. The quantitative estimate of drug-likeness (QED) is 0.129. The van der Waals surface area contributed by atoms with Crippen LogP contribution >= 0.6 is 0 Å². The number of carboxylic acids is 2. The average molecular weight is 560 g/mol. The van der Waals surface area contributed by atoms with Crippen LogP contribution in [0.4, 0.5) is 5.69 Å². The molecule has 40 heavy (non-hydrogen) atoms. The third kappa shape index (κ3) is 11.8. The predicted molar refractivity (Wildman–Crippen MR) is 153 cm³/mol. The molecule has 1 aliphatic rings. The van der Waals surface area contributed by atoms with Gasteiger partial charge >= 0.3 is 11.9 Å². The van der Waals surface area contributed by atoms with Gasteiger partial charge in [-0.25, -0.2) is 4.79 Å². The van der Waals surface area contributed by atoms with Crippen LogP contribution < -0.4 is 31.6 Å². The maximum absolute atomic E-state index is 11.3. The number of ether oxygens (including phenoxy) is 3. The summed E-state index contributed by atoms with van der Waals surface area (Å²) in [7, 11) is 0. The minimum atomic E-state index is -1.00. The molecule has 12 nitrogen and oxygen atoms in total. The lowest BCUT2D eigenvalue weighted by molar-refractivity contribution is -0.153. The van der Waals surface area contributed by atoms with Crippen molar-refractivity contribution >= 4 is 23.6 Å². The number of anilines is 1. The lowest BCUT2D eigenvalue weighted by Gasteiger charge is -2.31. The largest absolute Gasteiger partial charge is 0.492 e. The van der Waals surface area contributed by atoms with Gasteiger partial charge in [-0.2, -0.15) is 0 Å². The van der Waals surface area contributed by atoms with Crippen LogP contribution in [0.1, 0.15) is 32.3 Å². The highest BCUT2D eigenvalue weighted by molar-refractivity contribution is 5.75. The minimum Gasteiger partial charge on any atom is -0.492 e. The highest BCUT2D eigenvalue weighted by Crippen LogP contribution is 2.30. The first-order valence-corrected chi connectivity index (χ1v) is 13.2. The molecule has 0 fully saturated rings. The summed E-state index contributed by atoms with van der Waals surface area (Å²) in [4.78, 5) is 27.5. The molecule has 2 aromatic carbocycles. The van der Waals surface area contributed by atoms with Crippen LogP contribution in [0.15, 0.2) is 53.5 Å². The van der Waals surface area contributed by atoms with E-state index in [2.05, 4.69) is 16.0 Å². The van der Waals surface area contributed by atoms with E-state index in [-0.39, 0.29) is 12.1 Å². The van der Waals surface area contributed by atoms with E-state index in [0.717, 1.165) is 35.8 Å². The fraction of sp³-hybridized carbons (Fsp3) is 0.464. The predicted octanol–water partition coefficient (Wildman–Crippen LogP) is 1.84. The van der Waals surface area contributed by atoms with Gasteiger partial charge in [0, 0.05) is 13.0 Å². The lowest BCUT2D eigenvalue weighted by Crippen LogP contribution is -2.35. The van der Waals surface area contributed by atoms with Crippen molar-refractivity contribution in [2.45, 2.75) is 51.4 Å². The van der Waals surface area contributed by atoms with Crippen molar-refractivity contribution in [2.75, 3.05) is 37.7 Å². The fourth-order valence-electron chi connectivity index (χ4n) is 3.83. The maximum Gasteiger partial charge on any atom is 0.333 e. The number of benzene rings is 2. The number of nitrogens with zero attached hydrogens (tertiary/aromatic N) is 2. The number of aliphatic carboxylic acids is 2. The molecule has 2 aromatic rings. The van der Waals surface area contributed by atoms with E-state index in [1.807, 2.05) is 56.3 Å². The second-order valence-electron chi connectivity index (χ2n) is 9.41. The van der Waals surface area contributed by atoms with Crippen molar-refractivity contribution < 1.29 is 34.0 Å². The van der Waals surface area contributed by atoms with E-state index in [9.17, 15) is 14.7 Å². The van der Waals surface area contributed by atoms with Crippen molar-refractivity contribution in [3.8, 4) is 11.5 Å². The first-order chi connectivity index (χ1) is 19.1. The molecule has 12 heteroatoms. The number of guanidine groups is 1. The summed E-state index contributed by atoms with van der Waals surface area (Å²) in [6.07, 6.45) is 0.317. The molecule has 0 spiro atoms. The van der Waals surface area contributed by atoms with Gasteiger partial charge in [-0.05, 0) is 56.5 Å². The van der Waals surface area contributed by atoms with Crippen LogP contribution in [0.25, 0.3) is 0 Å². The van der Waals surface area contributed by atoms with E-state index in [1.54, 1.807) is 0 Å². The Bertz CT molecular complexity index is 1090. The Morgan fingerprint density at radius 1 is 1.07 bits per heavy atom. The van der Waals surface area contributed by atoms with Gasteiger partial charge in [0.1, 0.15) is 30.8 Å². The Balaban J connectivity index is 0.000000395. The molecular weight excluding hydrogens is 518 g/mol. The normalized spacial score (nSPS) is 13.7. The zero-order valence-electron chi connectivity index (χ0n) is 23.1. The number of fused-ring (bicyclic) bond motifs is 1. The van der Waals surface area contributed by atoms with Crippen molar-refractivity contribution in [1.82, 2.24) is 0 Å². The molecule has 2 atom stereocenters. The van der Waals surface area contributed by atoms with E-state index in [1.165, 1.54) is 0 Å². The summed E-state index contributed by atoms with van der Waals surface area (Å²) >= 11 is 0. The molecule has 3 rings (SSSR count). The number of aliphatic imine (C=N–C) groups is 1.